The molecule has 1 fully saturated rings. The van der Waals surface area contributed by atoms with Crippen LogP contribution in [0.4, 0.5) is 18.9 Å². The Kier molecular flexibility index (Phi) is 3.91. The third-order valence-corrected chi connectivity index (χ3v) is 4.19. The van der Waals surface area contributed by atoms with Crippen molar-refractivity contribution in [2.45, 2.75) is 37.3 Å². The summed E-state index contributed by atoms with van der Waals surface area (Å²) < 4.78 is 38.9. The second-order valence-corrected chi connectivity index (χ2v) is 5.72. The number of alkyl halides is 3. The highest BCUT2D eigenvalue weighted by Gasteiger charge is 2.45. The van der Waals surface area contributed by atoms with Gasteiger partial charge in [-0.2, -0.15) is 13.2 Å². The fourth-order valence-corrected chi connectivity index (χ4v) is 3.06. The molecule has 116 valence electrons. The highest BCUT2D eigenvalue weighted by molar-refractivity contribution is 5.84. The Labute approximate surface area is 121 Å². The Balaban J connectivity index is 2.66. The Morgan fingerprint density at radius 1 is 1.24 bits per heavy atom. The molecular formula is C15H18F3NO2. The molecule has 1 aromatic rings. The number of rotatable bonds is 3. The van der Waals surface area contributed by atoms with Gasteiger partial charge in [0.15, 0.2) is 0 Å². The zero-order valence-electron chi connectivity index (χ0n) is 12.0. The summed E-state index contributed by atoms with van der Waals surface area (Å²) in [6.07, 6.45) is -2.28. The summed E-state index contributed by atoms with van der Waals surface area (Å²) in [5, 5.41) is 9.62. The average Bonchev–Trinajstić information content (AvgIpc) is 2.87. The van der Waals surface area contributed by atoms with E-state index in [0.717, 1.165) is 25.0 Å². The molecular weight excluding hydrogens is 283 g/mol. The molecule has 0 aromatic heterocycles. The number of aliphatic carboxylic acids is 1. The molecule has 2 rings (SSSR count). The summed E-state index contributed by atoms with van der Waals surface area (Å²) in [4.78, 5) is 13.4. The van der Waals surface area contributed by atoms with Gasteiger partial charge in [0, 0.05) is 19.8 Å². The summed E-state index contributed by atoms with van der Waals surface area (Å²) in [7, 11) is 3.41. The van der Waals surface area contributed by atoms with E-state index in [9.17, 15) is 23.1 Å². The van der Waals surface area contributed by atoms with Crippen molar-refractivity contribution in [3.8, 4) is 0 Å². The number of halogens is 3. The maximum Gasteiger partial charge on any atom is 0.416 e. The lowest BCUT2D eigenvalue weighted by Gasteiger charge is -2.30. The monoisotopic (exact) mass is 301 g/mol. The minimum absolute atomic E-state index is 0.271. The highest BCUT2D eigenvalue weighted by atomic mass is 19.4. The van der Waals surface area contributed by atoms with E-state index in [1.54, 1.807) is 19.0 Å². The normalized spacial score (nSPS) is 17.8. The quantitative estimate of drug-likeness (QED) is 0.926. The zero-order valence-corrected chi connectivity index (χ0v) is 12.0. The van der Waals surface area contributed by atoms with E-state index >= 15 is 0 Å². The maximum absolute atomic E-state index is 13.0. The van der Waals surface area contributed by atoms with Gasteiger partial charge < -0.3 is 10.0 Å². The lowest BCUT2D eigenvalue weighted by Crippen LogP contribution is -2.34. The van der Waals surface area contributed by atoms with Crippen molar-refractivity contribution in [2.24, 2.45) is 0 Å². The van der Waals surface area contributed by atoms with Gasteiger partial charge >= 0.3 is 12.1 Å². The minimum atomic E-state index is -4.47. The number of hydrogen-bond acceptors (Lipinski definition) is 2. The molecule has 3 nitrogen and oxygen atoms in total. The van der Waals surface area contributed by atoms with Gasteiger partial charge in [0.25, 0.3) is 0 Å². The van der Waals surface area contributed by atoms with Crippen LogP contribution in [0.1, 0.15) is 36.8 Å². The van der Waals surface area contributed by atoms with Crippen LogP contribution in [0, 0.1) is 0 Å². The SMILES string of the molecule is CN(C)c1ccc(C(F)(F)F)cc1C1(C(=O)O)CCCC1. The van der Waals surface area contributed by atoms with Crippen molar-refractivity contribution in [2.75, 3.05) is 19.0 Å². The van der Waals surface area contributed by atoms with Crippen LogP contribution < -0.4 is 4.90 Å². The summed E-state index contributed by atoms with van der Waals surface area (Å²) in [6.45, 7) is 0. The van der Waals surface area contributed by atoms with E-state index in [-0.39, 0.29) is 5.56 Å². The molecule has 21 heavy (non-hydrogen) atoms. The van der Waals surface area contributed by atoms with Crippen LogP contribution in [0.25, 0.3) is 0 Å². The Bertz CT molecular complexity index is 546. The Morgan fingerprint density at radius 2 is 1.81 bits per heavy atom. The van der Waals surface area contributed by atoms with Crippen LogP contribution in [-0.2, 0) is 16.4 Å². The predicted molar refractivity (Wildman–Crippen MR) is 73.6 cm³/mol. The first-order valence-corrected chi connectivity index (χ1v) is 6.81. The van der Waals surface area contributed by atoms with Crippen LogP contribution in [0.3, 0.4) is 0 Å². The third kappa shape index (κ3) is 2.71. The Morgan fingerprint density at radius 3 is 2.24 bits per heavy atom. The van der Waals surface area contributed by atoms with Gasteiger partial charge in [-0.3, -0.25) is 4.79 Å². The van der Waals surface area contributed by atoms with Crippen LogP contribution in [0.15, 0.2) is 18.2 Å². The second-order valence-electron chi connectivity index (χ2n) is 5.72. The molecule has 0 saturated heterocycles. The van der Waals surface area contributed by atoms with Crippen molar-refractivity contribution >= 4 is 11.7 Å². The third-order valence-electron chi connectivity index (χ3n) is 4.19. The van der Waals surface area contributed by atoms with Gasteiger partial charge in [0.1, 0.15) is 0 Å². The van der Waals surface area contributed by atoms with Crippen molar-refractivity contribution < 1.29 is 23.1 Å². The van der Waals surface area contributed by atoms with Crippen LogP contribution >= 0.6 is 0 Å². The topological polar surface area (TPSA) is 40.5 Å². The first-order chi connectivity index (χ1) is 9.68. The van der Waals surface area contributed by atoms with E-state index < -0.39 is 23.1 Å². The number of hydrogen-bond donors (Lipinski definition) is 1. The van der Waals surface area contributed by atoms with Gasteiger partial charge in [-0.1, -0.05) is 12.8 Å². The van der Waals surface area contributed by atoms with Gasteiger partial charge in [-0.25, -0.2) is 0 Å². The number of anilines is 1. The molecule has 6 heteroatoms. The molecule has 1 saturated carbocycles. The molecule has 0 radical (unpaired) electrons. The highest BCUT2D eigenvalue weighted by Crippen LogP contribution is 2.46. The predicted octanol–water partition coefficient (Wildman–Crippen LogP) is 3.67. The average molecular weight is 301 g/mol. The smallest absolute Gasteiger partial charge is 0.416 e. The minimum Gasteiger partial charge on any atom is -0.481 e. The fourth-order valence-electron chi connectivity index (χ4n) is 3.06. The first kappa shape index (κ1) is 15.7. The number of carboxylic acid groups (broad SMARTS) is 1. The van der Waals surface area contributed by atoms with Crippen molar-refractivity contribution in [3.63, 3.8) is 0 Å². The molecule has 0 spiro atoms. The molecule has 1 aliphatic carbocycles. The van der Waals surface area contributed by atoms with E-state index in [0.29, 0.717) is 18.5 Å². The fraction of sp³-hybridized carbons (Fsp3) is 0.533. The van der Waals surface area contributed by atoms with Crippen molar-refractivity contribution in [1.29, 1.82) is 0 Å². The summed E-state index contributed by atoms with van der Waals surface area (Å²) in [5.41, 5.74) is -1.20. The van der Waals surface area contributed by atoms with Gasteiger partial charge in [0.2, 0.25) is 0 Å². The molecule has 1 aliphatic rings. The molecule has 1 aromatic carbocycles. The van der Waals surface area contributed by atoms with Gasteiger partial charge in [0.05, 0.1) is 11.0 Å². The standard InChI is InChI=1S/C15H18F3NO2/c1-19(2)12-6-5-10(15(16,17)18)9-11(12)14(13(20)21)7-3-4-8-14/h5-6,9H,3-4,7-8H2,1-2H3,(H,20,21). The van der Waals surface area contributed by atoms with E-state index in [1.165, 1.54) is 6.07 Å². The molecule has 0 aliphatic heterocycles. The summed E-state index contributed by atoms with van der Waals surface area (Å²) in [6, 6.07) is 3.37. The van der Waals surface area contributed by atoms with E-state index in [2.05, 4.69) is 0 Å². The van der Waals surface area contributed by atoms with E-state index in [1.807, 2.05) is 0 Å². The van der Waals surface area contributed by atoms with Crippen LogP contribution in [0.5, 0.6) is 0 Å². The molecule has 0 atom stereocenters. The molecule has 1 N–H and O–H groups in total. The second kappa shape index (κ2) is 5.24. The van der Waals surface area contributed by atoms with Gasteiger partial charge in [-0.15, -0.1) is 0 Å². The first-order valence-electron chi connectivity index (χ1n) is 6.81. The van der Waals surface area contributed by atoms with E-state index in [4.69, 9.17) is 0 Å². The zero-order chi connectivity index (χ0) is 15.8. The lowest BCUT2D eigenvalue weighted by molar-refractivity contribution is -0.144. The maximum atomic E-state index is 13.0. The number of benzene rings is 1. The van der Waals surface area contributed by atoms with Gasteiger partial charge in [-0.05, 0) is 36.6 Å². The van der Waals surface area contributed by atoms with Crippen LogP contribution in [-0.4, -0.2) is 25.2 Å². The molecule has 0 amide bonds. The summed E-state index contributed by atoms with van der Waals surface area (Å²) in [5.74, 6) is -1.04. The lowest BCUT2D eigenvalue weighted by atomic mass is 9.77. The van der Waals surface area contributed by atoms with Crippen molar-refractivity contribution in [3.05, 3.63) is 29.3 Å². The number of nitrogens with zero attached hydrogens (tertiary/aromatic N) is 1. The number of carboxylic acids is 1. The van der Waals surface area contributed by atoms with Crippen molar-refractivity contribution in [1.82, 2.24) is 0 Å². The summed E-state index contributed by atoms with van der Waals surface area (Å²) >= 11 is 0. The molecule has 0 unspecified atom stereocenters. The number of carbonyl (C=O) groups is 1. The Hall–Kier alpha value is -1.72. The largest absolute Gasteiger partial charge is 0.481 e. The molecule has 0 bridgehead atoms. The molecule has 0 heterocycles. The van der Waals surface area contributed by atoms with Crippen LogP contribution in [0.2, 0.25) is 0 Å².